The summed E-state index contributed by atoms with van der Waals surface area (Å²) in [7, 11) is 3.17. The number of hydrogen-bond donors (Lipinski definition) is 1. The Labute approximate surface area is 61.8 Å². The number of nitrogens with two attached hydrogens (primary N) is 1. The van der Waals surface area contributed by atoms with Gasteiger partial charge in [-0.2, -0.15) is 0 Å². The molecule has 2 N–H and O–H groups in total. The van der Waals surface area contributed by atoms with Crippen LogP contribution in [0.5, 0.6) is 0 Å². The molecule has 0 saturated carbocycles. The van der Waals surface area contributed by atoms with E-state index in [9.17, 15) is 0 Å². The molecular formula is C7H15NO2. The molecule has 0 heterocycles. The monoisotopic (exact) mass is 145 g/mol. The molecule has 0 aliphatic rings. The first kappa shape index (κ1) is 9.62. The minimum Gasteiger partial charge on any atom is -0.356 e. The fourth-order valence-corrected chi connectivity index (χ4v) is 0.607. The van der Waals surface area contributed by atoms with Crippen molar-refractivity contribution in [2.45, 2.75) is 18.8 Å². The number of methoxy groups -OCH3 is 2. The van der Waals surface area contributed by atoms with Gasteiger partial charge in [0.2, 0.25) is 0 Å². The van der Waals surface area contributed by atoms with Gasteiger partial charge in [-0.3, -0.25) is 0 Å². The van der Waals surface area contributed by atoms with Gasteiger partial charge in [-0.25, -0.2) is 0 Å². The Morgan fingerprint density at radius 3 is 2.30 bits per heavy atom. The lowest BCUT2D eigenvalue weighted by Gasteiger charge is -2.15. The van der Waals surface area contributed by atoms with Gasteiger partial charge >= 0.3 is 0 Å². The van der Waals surface area contributed by atoms with Crippen LogP contribution in [0.2, 0.25) is 0 Å². The highest BCUT2D eigenvalue weighted by Crippen LogP contribution is 2.00. The second-order valence-corrected chi connectivity index (χ2v) is 2.04. The summed E-state index contributed by atoms with van der Waals surface area (Å²) in [5, 5.41) is 0. The summed E-state index contributed by atoms with van der Waals surface area (Å²) in [6.45, 7) is 3.55. The third kappa shape index (κ3) is 3.61. The largest absolute Gasteiger partial charge is 0.356 e. The maximum absolute atomic E-state index is 5.55. The lowest BCUT2D eigenvalue weighted by molar-refractivity contribution is -0.107. The van der Waals surface area contributed by atoms with Gasteiger partial charge in [0.25, 0.3) is 0 Å². The maximum Gasteiger partial charge on any atom is 0.158 e. The topological polar surface area (TPSA) is 44.5 Å². The van der Waals surface area contributed by atoms with Crippen molar-refractivity contribution in [3.63, 3.8) is 0 Å². The lowest BCUT2D eigenvalue weighted by Crippen LogP contribution is -2.26. The third-order valence-electron chi connectivity index (χ3n) is 1.29. The second kappa shape index (κ2) is 5.41. The summed E-state index contributed by atoms with van der Waals surface area (Å²) in [5.74, 6) is 0. The lowest BCUT2D eigenvalue weighted by atomic mass is 10.2. The minimum atomic E-state index is -0.215. The summed E-state index contributed by atoms with van der Waals surface area (Å²) in [4.78, 5) is 0. The highest BCUT2D eigenvalue weighted by atomic mass is 16.7. The molecule has 1 atom stereocenters. The molecule has 0 rings (SSSR count). The van der Waals surface area contributed by atoms with Crippen molar-refractivity contribution in [1.82, 2.24) is 0 Å². The van der Waals surface area contributed by atoms with Gasteiger partial charge < -0.3 is 15.2 Å². The molecule has 0 radical (unpaired) electrons. The second-order valence-electron chi connectivity index (χ2n) is 2.04. The van der Waals surface area contributed by atoms with Crippen LogP contribution < -0.4 is 5.73 Å². The quantitative estimate of drug-likeness (QED) is 0.453. The Bertz CT molecular complexity index is 91.6. The zero-order chi connectivity index (χ0) is 7.98. The van der Waals surface area contributed by atoms with Gasteiger partial charge in [0.15, 0.2) is 6.29 Å². The molecule has 0 fully saturated rings. The van der Waals surface area contributed by atoms with E-state index in [1.54, 1.807) is 20.3 Å². The molecule has 3 nitrogen and oxygen atoms in total. The van der Waals surface area contributed by atoms with Gasteiger partial charge in [-0.15, -0.1) is 6.58 Å². The molecule has 0 spiro atoms. The molecule has 0 unspecified atom stereocenters. The van der Waals surface area contributed by atoms with Crippen molar-refractivity contribution >= 4 is 0 Å². The van der Waals surface area contributed by atoms with E-state index < -0.39 is 0 Å². The van der Waals surface area contributed by atoms with Crippen molar-refractivity contribution < 1.29 is 9.47 Å². The molecule has 60 valence electrons. The highest BCUT2D eigenvalue weighted by Gasteiger charge is 2.07. The third-order valence-corrected chi connectivity index (χ3v) is 1.29. The minimum absolute atomic E-state index is 0.0510. The van der Waals surface area contributed by atoms with Crippen molar-refractivity contribution in [3.05, 3.63) is 12.7 Å². The molecule has 10 heavy (non-hydrogen) atoms. The first-order chi connectivity index (χ1) is 4.74. The van der Waals surface area contributed by atoms with E-state index in [0.717, 1.165) is 0 Å². The number of ether oxygens (including phenoxy) is 2. The molecule has 0 aromatic rings. The van der Waals surface area contributed by atoms with Crippen molar-refractivity contribution in [2.24, 2.45) is 5.73 Å². The number of rotatable bonds is 5. The predicted molar refractivity (Wildman–Crippen MR) is 40.6 cm³/mol. The standard InChI is InChI=1S/C7H15NO2/c1-4-6(8)5-7(9-2)10-3/h4,6-7H,1,5,8H2,2-3H3/t6-/m1/s1. The summed E-state index contributed by atoms with van der Waals surface area (Å²) >= 11 is 0. The van der Waals surface area contributed by atoms with Crippen LogP contribution in [0.25, 0.3) is 0 Å². The first-order valence-corrected chi connectivity index (χ1v) is 3.18. The Morgan fingerprint density at radius 1 is 1.50 bits per heavy atom. The smallest absolute Gasteiger partial charge is 0.158 e. The van der Waals surface area contributed by atoms with Gasteiger partial charge in [0.05, 0.1) is 0 Å². The average Bonchev–Trinajstić information content (AvgIpc) is 1.99. The van der Waals surface area contributed by atoms with E-state index in [4.69, 9.17) is 15.2 Å². The van der Waals surface area contributed by atoms with Crippen LogP contribution in [0.4, 0.5) is 0 Å². The zero-order valence-electron chi connectivity index (χ0n) is 6.54. The van der Waals surface area contributed by atoms with E-state index in [1.165, 1.54) is 0 Å². The van der Waals surface area contributed by atoms with Crippen molar-refractivity contribution in [3.8, 4) is 0 Å². The summed E-state index contributed by atoms with van der Waals surface area (Å²) in [5.41, 5.74) is 5.55. The fourth-order valence-electron chi connectivity index (χ4n) is 0.607. The highest BCUT2D eigenvalue weighted by molar-refractivity contribution is 4.82. The Morgan fingerprint density at radius 2 is 2.00 bits per heavy atom. The number of hydrogen-bond acceptors (Lipinski definition) is 3. The SMILES string of the molecule is C=C[C@@H](N)CC(OC)OC. The summed E-state index contributed by atoms with van der Waals surface area (Å²) in [6, 6.07) is -0.0510. The summed E-state index contributed by atoms with van der Waals surface area (Å²) in [6.07, 6.45) is 2.11. The van der Waals surface area contributed by atoms with Gasteiger partial charge in [-0.1, -0.05) is 6.08 Å². The fraction of sp³-hybridized carbons (Fsp3) is 0.714. The van der Waals surface area contributed by atoms with Crippen LogP contribution in [0.3, 0.4) is 0 Å². The van der Waals surface area contributed by atoms with E-state index in [-0.39, 0.29) is 12.3 Å². The molecular weight excluding hydrogens is 130 g/mol. The Hall–Kier alpha value is -0.380. The van der Waals surface area contributed by atoms with Crippen molar-refractivity contribution in [2.75, 3.05) is 14.2 Å². The molecule has 0 aliphatic heterocycles. The average molecular weight is 145 g/mol. The van der Waals surface area contributed by atoms with E-state index >= 15 is 0 Å². The first-order valence-electron chi connectivity index (χ1n) is 3.18. The molecule has 0 aromatic carbocycles. The van der Waals surface area contributed by atoms with Crippen LogP contribution in [0, 0.1) is 0 Å². The van der Waals surface area contributed by atoms with E-state index in [1.807, 2.05) is 0 Å². The molecule has 0 amide bonds. The molecule has 0 saturated heterocycles. The predicted octanol–water partition coefficient (Wildman–Crippen LogP) is 0.509. The van der Waals surface area contributed by atoms with Gasteiger partial charge in [-0.05, 0) is 0 Å². The molecule has 0 bridgehead atoms. The maximum atomic E-state index is 5.55. The normalized spacial score (nSPS) is 13.6. The van der Waals surface area contributed by atoms with Crippen LogP contribution in [-0.2, 0) is 9.47 Å². The van der Waals surface area contributed by atoms with E-state index in [0.29, 0.717) is 6.42 Å². The Kier molecular flexibility index (Phi) is 5.20. The van der Waals surface area contributed by atoms with Crippen LogP contribution in [-0.4, -0.2) is 26.6 Å². The van der Waals surface area contributed by atoms with Crippen LogP contribution in [0.15, 0.2) is 12.7 Å². The molecule has 0 aromatic heterocycles. The van der Waals surface area contributed by atoms with Crippen LogP contribution in [0.1, 0.15) is 6.42 Å². The zero-order valence-corrected chi connectivity index (χ0v) is 6.54. The summed E-state index contributed by atoms with van der Waals surface area (Å²) < 4.78 is 9.84. The van der Waals surface area contributed by atoms with Crippen LogP contribution >= 0.6 is 0 Å². The van der Waals surface area contributed by atoms with Gasteiger partial charge in [0, 0.05) is 26.7 Å². The molecule has 0 aliphatic carbocycles. The van der Waals surface area contributed by atoms with Gasteiger partial charge in [0.1, 0.15) is 0 Å². The molecule has 3 heteroatoms. The van der Waals surface area contributed by atoms with E-state index in [2.05, 4.69) is 6.58 Å². The Balaban J connectivity index is 3.51. The van der Waals surface area contributed by atoms with Crippen molar-refractivity contribution in [1.29, 1.82) is 0 Å².